The van der Waals surface area contributed by atoms with Gasteiger partial charge in [-0.1, -0.05) is 48.2 Å². The van der Waals surface area contributed by atoms with Crippen LogP contribution in [0.25, 0.3) is 5.57 Å². The highest BCUT2D eigenvalue weighted by Gasteiger charge is 2.27. The van der Waals surface area contributed by atoms with Crippen molar-refractivity contribution < 1.29 is 4.74 Å². The van der Waals surface area contributed by atoms with Crippen LogP contribution in [0.2, 0.25) is 0 Å². The Morgan fingerprint density at radius 3 is 2.50 bits per heavy atom. The zero-order valence-corrected chi connectivity index (χ0v) is 20.0. The van der Waals surface area contributed by atoms with Crippen molar-refractivity contribution in [3.05, 3.63) is 96.7 Å². The number of hydrogen-bond donors (Lipinski definition) is 0. The summed E-state index contributed by atoms with van der Waals surface area (Å²) in [6.45, 7) is 0. The molecule has 2 aliphatic heterocycles. The average Bonchev–Trinajstić information content (AvgIpc) is 3.09. The van der Waals surface area contributed by atoms with Crippen LogP contribution in [-0.2, 0) is 0 Å². The maximum atomic E-state index is 5.40. The number of ether oxygens (including phenoxy) is 1. The maximum Gasteiger partial charge on any atom is 0.120 e. The molecule has 2 aliphatic rings. The number of anilines is 3. The summed E-state index contributed by atoms with van der Waals surface area (Å²) in [6.07, 6.45) is 6.74. The van der Waals surface area contributed by atoms with Gasteiger partial charge in [0, 0.05) is 29.4 Å². The van der Waals surface area contributed by atoms with Crippen molar-refractivity contribution in [1.29, 1.82) is 0 Å². The van der Waals surface area contributed by atoms with Crippen LogP contribution in [0, 0.1) is 0 Å². The average molecular weight is 526 g/mol. The first-order valence-corrected chi connectivity index (χ1v) is 10.5. The molecule has 1 unspecified atom stereocenters. The largest absolute Gasteiger partial charge is 0.497 e. The molecule has 5 rings (SSSR count). The molecule has 2 heterocycles. The fourth-order valence-electron chi connectivity index (χ4n) is 3.86. The first-order valence-electron chi connectivity index (χ1n) is 9.66. The number of thioether (sulfide) groups is 1. The lowest BCUT2D eigenvalue weighted by Gasteiger charge is -2.28. The molecule has 30 heavy (non-hydrogen) atoms. The molecule has 0 fully saturated rings. The third-order valence-corrected chi connectivity index (χ3v) is 6.69. The predicted octanol–water partition coefficient (Wildman–Crippen LogP) is 6.93. The minimum Gasteiger partial charge on any atom is -0.497 e. The minimum absolute atomic E-state index is 0. The van der Waals surface area contributed by atoms with Crippen LogP contribution in [0.15, 0.2) is 96.0 Å². The summed E-state index contributed by atoms with van der Waals surface area (Å²) in [6, 6.07) is 25.4. The first kappa shape index (κ1) is 20.9. The summed E-state index contributed by atoms with van der Waals surface area (Å²) in [4.78, 5) is 5.83. The van der Waals surface area contributed by atoms with Crippen LogP contribution in [0.4, 0.5) is 17.1 Å². The van der Waals surface area contributed by atoms with E-state index in [0.29, 0.717) is 0 Å². The molecule has 0 bridgehead atoms. The molecule has 0 aromatic heterocycles. The Morgan fingerprint density at radius 1 is 0.933 bits per heavy atom. The number of methoxy groups -OCH3 is 1. The molecule has 0 spiro atoms. The number of nitrogens with zero attached hydrogens (tertiary/aromatic N) is 2. The molecule has 3 nitrogen and oxygen atoms in total. The SMILES string of the molecule is COc1ccc2c(c1)SC(C=C1C=CN(c3ccccc3)c3ccccc31)N2C.I. The second-order valence-electron chi connectivity index (χ2n) is 7.11. The van der Waals surface area contributed by atoms with Gasteiger partial charge in [0.15, 0.2) is 0 Å². The van der Waals surface area contributed by atoms with Gasteiger partial charge in [-0.15, -0.1) is 24.0 Å². The van der Waals surface area contributed by atoms with Gasteiger partial charge in [-0.25, -0.2) is 0 Å². The van der Waals surface area contributed by atoms with Gasteiger partial charge in [-0.05, 0) is 54.1 Å². The molecule has 0 amide bonds. The van der Waals surface area contributed by atoms with Gasteiger partial charge < -0.3 is 14.5 Å². The molecule has 0 radical (unpaired) electrons. The molecule has 0 saturated heterocycles. The van der Waals surface area contributed by atoms with Gasteiger partial charge in [0.25, 0.3) is 0 Å². The van der Waals surface area contributed by atoms with E-state index in [2.05, 4.69) is 95.9 Å². The standard InChI is InChI=1S/C25H22N2OS.HI/c1-26-23-13-12-20(28-2)17-24(23)29-25(26)16-18-14-15-27(19-8-4-3-5-9-19)22-11-7-6-10-21(18)22;/h3-17,25H,1-2H3;1H. The number of allylic oxidation sites excluding steroid dienone is 2. The summed E-state index contributed by atoms with van der Waals surface area (Å²) < 4.78 is 5.40. The topological polar surface area (TPSA) is 15.7 Å². The summed E-state index contributed by atoms with van der Waals surface area (Å²) in [7, 11) is 3.87. The molecular weight excluding hydrogens is 503 g/mol. The van der Waals surface area contributed by atoms with E-state index in [1.54, 1.807) is 7.11 Å². The first-order chi connectivity index (χ1) is 14.2. The number of fused-ring (bicyclic) bond motifs is 2. The molecule has 0 aliphatic carbocycles. The normalized spacial score (nSPS) is 18.1. The van der Waals surface area contributed by atoms with Gasteiger partial charge >= 0.3 is 0 Å². The van der Waals surface area contributed by atoms with Crippen LogP contribution in [-0.4, -0.2) is 19.5 Å². The van der Waals surface area contributed by atoms with Crippen molar-refractivity contribution >= 4 is 58.4 Å². The van der Waals surface area contributed by atoms with Crippen molar-refractivity contribution in [2.45, 2.75) is 10.3 Å². The maximum absolute atomic E-state index is 5.40. The second-order valence-corrected chi connectivity index (χ2v) is 8.27. The molecule has 3 aromatic rings. The van der Waals surface area contributed by atoms with E-state index < -0.39 is 0 Å². The van der Waals surface area contributed by atoms with Gasteiger partial charge in [-0.2, -0.15) is 0 Å². The lowest BCUT2D eigenvalue weighted by Crippen LogP contribution is -2.23. The Labute approximate surface area is 199 Å². The monoisotopic (exact) mass is 526 g/mol. The summed E-state index contributed by atoms with van der Waals surface area (Å²) in [5, 5.41) is 0.244. The van der Waals surface area contributed by atoms with Crippen LogP contribution in [0.3, 0.4) is 0 Å². The molecule has 5 heteroatoms. The zero-order valence-electron chi connectivity index (χ0n) is 16.9. The molecule has 1 atom stereocenters. The number of hydrogen-bond acceptors (Lipinski definition) is 4. The minimum atomic E-state index is 0. The molecule has 0 N–H and O–H groups in total. The van der Waals surface area contributed by atoms with Gasteiger partial charge in [0.1, 0.15) is 5.75 Å². The van der Waals surface area contributed by atoms with Crippen molar-refractivity contribution in [2.24, 2.45) is 0 Å². The Balaban J connectivity index is 0.00000218. The molecule has 3 aromatic carbocycles. The van der Waals surface area contributed by atoms with E-state index >= 15 is 0 Å². The van der Waals surface area contributed by atoms with Crippen molar-refractivity contribution in [2.75, 3.05) is 24.0 Å². The quantitative estimate of drug-likeness (QED) is 0.344. The van der Waals surface area contributed by atoms with E-state index in [-0.39, 0.29) is 29.4 Å². The van der Waals surface area contributed by atoms with E-state index in [9.17, 15) is 0 Å². The van der Waals surface area contributed by atoms with Crippen molar-refractivity contribution in [1.82, 2.24) is 0 Å². The van der Waals surface area contributed by atoms with Crippen molar-refractivity contribution in [3.8, 4) is 5.75 Å². The van der Waals surface area contributed by atoms with Crippen molar-refractivity contribution in [3.63, 3.8) is 0 Å². The number of halogens is 1. The third-order valence-electron chi connectivity index (χ3n) is 5.41. The highest BCUT2D eigenvalue weighted by Crippen LogP contribution is 2.46. The Kier molecular flexibility index (Phi) is 6.11. The zero-order chi connectivity index (χ0) is 19.8. The highest BCUT2D eigenvalue weighted by molar-refractivity contribution is 14.0. The Morgan fingerprint density at radius 2 is 1.70 bits per heavy atom. The van der Waals surface area contributed by atoms with Gasteiger partial charge in [0.2, 0.25) is 0 Å². The van der Waals surface area contributed by atoms with Crippen LogP contribution >= 0.6 is 35.7 Å². The Hall–Kier alpha value is -2.38. The lowest BCUT2D eigenvalue weighted by atomic mass is 9.99. The van der Waals surface area contributed by atoms with E-state index in [4.69, 9.17) is 4.74 Å². The summed E-state index contributed by atoms with van der Waals surface area (Å²) in [5.74, 6) is 0.902. The number of benzene rings is 3. The Bertz CT molecular complexity index is 1110. The fourth-order valence-corrected chi connectivity index (χ4v) is 5.13. The summed E-state index contributed by atoms with van der Waals surface area (Å²) >= 11 is 1.86. The van der Waals surface area contributed by atoms with Crippen LogP contribution in [0.5, 0.6) is 5.75 Å². The molecule has 0 saturated carbocycles. The fraction of sp³-hybridized carbons (Fsp3) is 0.120. The second kappa shape index (κ2) is 8.78. The molecule has 152 valence electrons. The van der Waals surface area contributed by atoms with Crippen LogP contribution in [0.1, 0.15) is 5.56 Å². The van der Waals surface area contributed by atoms with Gasteiger partial charge in [-0.3, -0.25) is 0 Å². The lowest BCUT2D eigenvalue weighted by molar-refractivity contribution is 0.414. The predicted molar refractivity (Wildman–Crippen MR) is 139 cm³/mol. The van der Waals surface area contributed by atoms with E-state index in [1.807, 2.05) is 23.9 Å². The van der Waals surface area contributed by atoms with Crippen LogP contribution < -0.4 is 14.5 Å². The van der Waals surface area contributed by atoms with E-state index in [1.165, 1.54) is 33.1 Å². The highest BCUT2D eigenvalue weighted by atomic mass is 127. The number of para-hydroxylation sites is 2. The summed E-state index contributed by atoms with van der Waals surface area (Å²) in [5.41, 5.74) is 6.12. The number of likely N-dealkylation sites (N-methyl/N-ethyl adjacent to an activating group) is 1. The third kappa shape index (κ3) is 3.72. The smallest absolute Gasteiger partial charge is 0.120 e. The number of rotatable bonds is 3. The molecular formula is C25H23IN2OS. The van der Waals surface area contributed by atoms with Gasteiger partial charge in [0.05, 0.1) is 23.9 Å². The van der Waals surface area contributed by atoms with E-state index in [0.717, 1.165) is 5.75 Å².